The number of hydrogen-bond acceptors (Lipinski definition) is 1. The minimum absolute atomic E-state index is 0.557. The molecular formula is C25H18O. The monoisotopic (exact) mass is 334 g/mol. The summed E-state index contributed by atoms with van der Waals surface area (Å²) in [6.07, 6.45) is 1.85. The van der Waals surface area contributed by atoms with Gasteiger partial charge in [0.25, 0.3) is 0 Å². The van der Waals surface area contributed by atoms with E-state index < -0.39 is 0 Å². The summed E-state index contributed by atoms with van der Waals surface area (Å²) < 4.78 is 6.20. The van der Waals surface area contributed by atoms with Gasteiger partial charge < -0.3 is 4.74 Å². The topological polar surface area (TPSA) is 9.23 Å². The summed E-state index contributed by atoms with van der Waals surface area (Å²) in [6, 6.07) is 27.8. The van der Waals surface area contributed by atoms with Crippen LogP contribution in [-0.2, 0) is 6.61 Å². The molecule has 26 heavy (non-hydrogen) atoms. The molecule has 0 aliphatic carbocycles. The van der Waals surface area contributed by atoms with Gasteiger partial charge in [-0.25, -0.2) is 0 Å². The Balaban J connectivity index is 1.60. The van der Waals surface area contributed by atoms with E-state index in [-0.39, 0.29) is 0 Å². The molecular weight excluding hydrogens is 316 g/mol. The van der Waals surface area contributed by atoms with E-state index in [0.29, 0.717) is 6.61 Å². The maximum absolute atomic E-state index is 6.20. The first-order chi connectivity index (χ1) is 12.8. The molecule has 0 bridgehead atoms. The van der Waals surface area contributed by atoms with E-state index in [2.05, 4.69) is 85.4 Å². The van der Waals surface area contributed by atoms with Gasteiger partial charge in [-0.2, -0.15) is 0 Å². The lowest BCUT2D eigenvalue weighted by Crippen LogP contribution is -1.96. The van der Waals surface area contributed by atoms with Crippen LogP contribution in [0.3, 0.4) is 0 Å². The molecule has 0 aromatic heterocycles. The summed E-state index contributed by atoms with van der Waals surface area (Å²) in [6.45, 7) is 4.35. The third kappa shape index (κ3) is 2.33. The average molecular weight is 334 g/mol. The second kappa shape index (κ2) is 5.89. The molecule has 0 saturated carbocycles. The third-order valence-corrected chi connectivity index (χ3v) is 5.10. The highest BCUT2D eigenvalue weighted by atomic mass is 16.5. The zero-order valence-electron chi connectivity index (χ0n) is 14.4. The molecule has 124 valence electrons. The molecule has 0 unspecified atom stereocenters. The molecule has 0 saturated heterocycles. The van der Waals surface area contributed by atoms with Crippen LogP contribution in [0.25, 0.3) is 38.4 Å². The lowest BCUT2D eigenvalue weighted by Gasteiger charge is -2.14. The Labute approximate surface area is 152 Å². The molecule has 5 aromatic carbocycles. The molecule has 0 N–H and O–H groups in total. The molecule has 0 atom stereocenters. The van der Waals surface area contributed by atoms with E-state index in [1.807, 2.05) is 6.08 Å². The smallest absolute Gasteiger partial charge is 0.127 e. The average Bonchev–Trinajstić information content (AvgIpc) is 2.71. The summed E-state index contributed by atoms with van der Waals surface area (Å²) >= 11 is 0. The number of ether oxygens (including phenoxy) is 1. The molecule has 1 nitrogen and oxygen atoms in total. The van der Waals surface area contributed by atoms with Crippen LogP contribution in [0.15, 0.2) is 85.4 Å². The third-order valence-electron chi connectivity index (χ3n) is 5.10. The van der Waals surface area contributed by atoms with Gasteiger partial charge in [-0.1, -0.05) is 79.4 Å². The Bertz CT molecular complexity index is 1220. The van der Waals surface area contributed by atoms with E-state index in [1.54, 1.807) is 0 Å². The van der Waals surface area contributed by atoms with Crippen LogP contribution in [0.2, 0.25) is 0 Å². The van der Waals surface area contributed by atoms with Crippen molar-refractivity contribution in [3.63, 3.8) is 0 Å². The number of hydrogen-bond donors (Lipinski definition) is 0. The standard InChI is InChI=1S/C25H18O/c1-2-17-6-8-18(9-7-17)16-26-23-15-13-21-11-10-19-4-3-5-20-12-14-22(23)25(21)24(19)20/h2-15H,1,16H2. The highest BCUT2D eigenvalue weighted by Gasteiger charge is 2.11. The first-order valence-electron chi connectivity index (χ1n) is 8.84. The number of rotatable bonds is 4. The summed E-state index contributed by atoms with van der Waals surface area (Å²) in [4.78, 5) is 0. The summed E-state index contributed by atoms with van der Waals surface area (Å²) in [7, 11) is 0. The maximum Gasteiger partial charge on any atom is 0.127 e. The van der Waals surface area contributed by atoms with E-state index >= 15 is 0 Å². The SMILES string of the molecule is C=Cc1ccc(COc2ccc3ccc4cccc5ccc2c3c45)cc1. The Morgan fingerprint density at radius 1 is 0.692 bits per heavy atom. The van der Waals surface area contributed by atoms with Gasteiger partial charge in [0.1, 0.15) is 12.4 Å². The van der Waals surface area contributed by atoms with Gasteiger partial charge in [0, 0.05) is 10.8 Å². The summed E-state index contributed by atoms with van der Waals surface area (Å²) in [5.74, 6) is 0.934. The van der Waals surface area contributed by atoms with E-state index in [9.17, 15) is 0 Å². The maximum atomic E-state index is 6.20. The fourth-order valence-electron chi connectivity index (χ4n) is 3.75. The molecule has 0 amide bonds. The molecule has 0 aliphatic rings. The zero-order valence-corrected chi connectivity index (χ0v) is 14.4. The second-order valence-corrected chi connectivity index (χ2v) is 6.65. The Kier molecular flexibility index (Phi) is 3.39. The van der Waals surface area contributed by atoms with Crippen LogP contribution >= 0.6 is 0 Å². The normalized spacial score (nSPS) is 11.4. The second-order valence-electron chi connectivity index (χ2n) is 6.65. The predicted octanol–water partition coefficient (Wildman–Crippen LogP) is 6.81. The number of benzene rings is 5. The van der Waals surface area contributed by atoms with Gasteiger partial charge in [-0.05, 0) is 44.8 Å². The van der Waals surface area contributed by atoms with Crippen LogP contribution in [-0.4, -0.2) is 0 Å². The summed E-state index contributed by atoms with van der Waals surface area (Å²) in [5, 5.41) is 7.60. The first-order valence-corrected chi connectivity index (χ1v) is 8.84. The molecule has 5 rings (SSSR count). The van der Waals surface area contributed by atoms with Crippen molar-refractivity contribution in [2.75, 3.05) is 0 Å². The first kappa shape index (κ1) is 15.0. The quantitative estimate of drug-likeness (QED) is 0.328. The zero-order chi connectivity index (χ0) is 17.5. The van der Waals surface area contributed by atoms with Gasteiger partial charge >= 0.3 is 0 Å². The van der Waals surface area contributed by atoms with Crippen molar-refractivity contribution in [3.8, 4) is 5.75 Å². The van der Waals surface area contributed by atoms with Crippen molar-refractivity contribution in [1.29, 1.82) is 0 Å². The molecule has 0 radical (unpaired) electrons. The Hall–Kier alpha value is -3.32. The molecule has 1 heteroatoms. The van der Waals surface area contributed by atoms with Gasteiger partial charge in [-0.3, -0.25) is 0 Å². The minimum atomic E-state index is 0.557. The fourth-order valence-corrected chi connectivity index (χ4v) is 3.75. The highest BCUT2D eigenvalue weighted by Crippen LogP contribution is 2.38. The van der Waals surface area contributed by atoms with Crippen LogP contribution < -0.4 is 4.74 Å². The van der Waals surface area contributed by atoms with Gasteiger partial charge in [-0.15, -0.1) is 0 Å². The largest absolute Gasteiger partial charge is 0.488 e. The van der Waals surface area contributed by atoms with Gasteiger partial charge in [0.2, 0.25) is 0 Å². The van der Waals surface area contributed by atoms with E-state index in [4.69, 9.17) is 4.74 Å². The molecule has 0 fully saturated rings. The van der Waals surface area contributed by atoms with E-state index in [0.717, 1.165) is 16.9 Å². The van der Waals surface area contributed by atoms with Crippen molar-refractivity contribution in [2.45, 2.75) is 6.61 Å². The van der Waals surface area contributed by atoms with Crippen molar-refractivity contribution >= 4 is 38.4 Å². The lowest BCUT2D eigenvalue weighted by molar-refractivity contribution is 0.310. The van der Waals surface area contributed by atoms with Crippen LogP contribution in [0, 0.1) is 0 Å². The van der Waals surface area contributed by atoms with Crippen molar-refractivity contribution < 1.29 is 4.74 Å². The molecule has 5 aromatic rings. The molecule has 0 aliphatic heterocycles. The fraction of sp³-hybridized carbons (Fsp3) is 0.0400. The van der Waals surface area contributed by atoms with Crippen molar-refractivity contribution in [3.05, 3.63) is 96.6 Å². The van der Waals surface area contributed by atoms with Gasteiger partial charge in [0.05, 0.1) is 0 Å². The van der Waals surface area contributed by atoms with Crippen LogP contribution in [0.5, 0.6) is 5.75 Å². The Morgan fingerprint density at radius 2 is 1.35 bits per heavy atom. The minimum Gasteiger partial charge on any atom is -0.488 e. The Morgan fingerprint density at radius 3 is 2.08 bits per heavy atom. The molecule has 0 spiro atoms. The highest BCUT2D eigenvalue weighted by molar-refractivity contribution is 6.24. The lowest BCUT2D eigenvalue weighted by atomic mass is 9.94. The van der Waals surface area contributed by atoms with Crippen molar-refractivity contribution in [2.24, 2.45) is 0 Å². The van der Waals surface area contributed by atoms with Crippen LogP contribution in [0.4, 0.5) is 0 Å². The van der Waals surface area contributed by atoms with Crippen LogP contribution in [0.1, 0.15) is 11.1 Å². The van der Waals surface area contributed by atoms with Crippen molar-refractivity contribution in [1.82, 2.24) is 0 Å². The molecule has 0 heterocycles. The van der Waals surface area contributed by atoms with Gasteiger partial charge in [0.15, 0.2) is 0 Å². The summed E-state index contributed by atoms with van der Waals surface area (Å²) in [5.41, 5.74) is 2.28. The predicted molar refractivity (Wildman–Crippen MR) is 111 cm³/mol. The van der Waals surface area contributed by atoms with E-state index in [1.165, 1.54) is 32.3 Å².